The molecule has 0 aromatic carbocycles. The predicted octanol–water partition coefficient (Wildman–Crippen LogP) is -0.266. The Morgan fingerprint density at radius 3 is 2.43 bits per heavy atom. The van der Waals surface area contributed by atoms with Crippen molar-refractivity contribution < 1.29 is 14.3 Å². The van der Waals surface area contributed by atoms with E-state index in [0.29, 0.717) is 0 Å². The summed E-state index contributed by atoms with van der Waals surface area (Å²) in [7, 11) is -3.01. The van der Waals surface area contributed by atoms with Gasteiger partial charge in [0, 0.05) is 6.66 Å². The molecule has 0 aromatic rings. The topological polar surface area (TPSA) is 72.5 Å². The minimum Gasteiger partial charge on any atom is -0.343 e. The number of hydrogen-bond acceptors (Lipinski definition) is 3. The van der Waals surface area contributed by atoms with Crippen LogP contribution in [0.1, 0.15) is 0 Å². The summed E-state index contributed by atoms with van der Waals surface area (Å²) in [6.45, 7) is 1.18. The van der Waals surface area contributed by atoms with Crippen molar-refractivity contribution in [2.75, 3.05) is 13.0 Å². The summed E-state index contributed by atoms with van der Waals surface area (Å²) < 4.78 is 10.2. The molecule has 5 heteroatoms. The largest absolute Gasteiger partial charge is 0.343 e. The van der Waals surface area contributed by atoms with E-state index in [1.165, 1.54) is 6.66 Å². The molecule has 44 valence electrons. The van der Waals surface area contributed by atoms with E-state index in [2.05, 4.69) is 10.7 Å². The zero-order valence-corrected chi connectivity index (χ0v) is 4.89. The average Bonchev–Trinajstić information content (AvgIpc) is 1.30. The van der Waals surface area contributed by atoms with Crippen LogP contribution in [0.5, 0.6) is 0 Å². The van der Waals surface area contributed by atoms with Crippen molar-refractivity contribution in [1.29, 1.82) is 0 Å². The maximum atomic E-state index is 10.2. The zero-order chi connectivity index (χ0) is 5.91. The summed E-state index contributed by atoms with van der Waals surface area (Å²) in [4.78, 5) is 12.3. The quantitative estimate of drug-likeness (QED) is 0.393. The van der Waals surface area contributed by atoms with Crippen LogP contribution < -0.4 is 5.90 Å². The molecule has 7 heavy (non-hydrogen) atoms. The normalized spacial score (nSPS) is 18.7. The van der Waals surface area contributed by atoms with Gasteiger partial charge in [0.1, 0.15) is 6.35 Å². The van der Waals surface area contributed by atoms with E-state index in [9.17, 15) is 4.57 Å². The first-order chi connectivity index (χ1) is 3.06. The van der Waals surface area contributed by atoms with Crippen molar-refractivity contribution in [2.45, 2.75) is 0 Å². The second kappa shape index (κ2) is 2.43. The van der Waals surface area contributed by atoms with Crippen LogP contribution >= 0.6 is 7.37 Å². The van der Waals surface area contributed by atoms with Gasteiger partial charge in [-0.15, -0.1) is 0 Å². The van der Waals surface area contributed by atoms with Crippen molar-refractivity contribution in [2.24, 2.45) is 5.90 Å². The maximum absolute atomic E-state index is 10.2. The molecule has 0 spiro atoms. The van der Waals surface area contributed by atoms with E-state index in [4.69, 9.17) is 4.89 Å². The van der Waals surface area contributed by atoms with Gasteiger partial charge in [-0.25, -0.2) is 5.90 Å². The monoisotopic (exact) mass is 125 g/mol. The molecule has 0 aliphatic rings. The lowest BCUT2D eigenvalue weighted by molar-refractivity contribution is 0.175. The van der Waals surface area contributed by atoms with E-state index in [-0.39, 0.29) is 6.35 Å². The smallest absolute Gasteiger partial charge is 0.224 e. The van der Waals surface area contributed by atoms with Gasteiger partial charge in [0.15, 0.2) is 0 Å². The molecule has 0 amide bonds. The van der Waals surface area contributed by atoms with Gasteiger partial charge in [0.25, 0.3) is 0 Å². The Hall–Kier alpha value is 0.110. The maximum Gasteiger partial charge on any atom is 0.224 e. The molecule has 4 nitrogen and oxygen atoms in total. The summed E-state index contributed by atoms with van der Waals surface area (Å²) in [5.74, 6) is 4.48. The molecule has 0 aromatic heterocycles. The van der Waals surface area contributed by atoms with Gasteiger partial charge < -0.3 is 4.89 Å². The van der Waals surface area contributed by atoms with Crippen molar-refractivity contribution in [3.05, 3.63) is 0 Å². The van der Waals surface area contributed by atoms with Crippen molar-refractivity contribution >= 4 is 7.37 Å². The highest BCUT2D eigenvalue weighted by Crippen LogP contribution is 2.33. The van der Waals surface area contributed by atoms with Crippen LogP contribution in [0, 0.1) is 0 Å². The highest BCUT2D eigenvalue weighted by atomic mass is 31.2. The molecule has 0 aliphatic heterocycles. The third kappa shape index (κ3) is 6.11. The summed E-state index contributed by atoms with van der Waals surface area (Å²) in [5, 5.41) is 0. The number of hydrogen-bond donors (Lipinski definition) is 2. The Labute approximate surface area is 41.7 Å². The molecule has 3 N–H and O–H groups in total. The molecule has 0 aliphatic carbocycles. The van der Waals surface area contributed by atoms with Gasteiger partial charge in [-0.3, -0.25) is 9.40 Å². The molecule has 0 bridgehead atoms. The fourth-order valence-electron chi connectivity index (χ4n) is 0.138. The minimum atomic E-state index is -3.01. The van der Waals surface area contributed by atoms with Gasteiger partial charge in [-0.2, -0.15) is 0 Å². The predicted molar refractivity (Wildman–Crippen MR) is 25.9 cm³/mol. The second-order valence-electron chi connectivity index (χ2n) is 1.35. The lowest BCUT2D eigenvalue weighted by Crippen LogP contribution is -2.00. The zero-order valence-electron chi connectivity index (χ0n) is 4.00. The molecule has 0 radical (unpaired) electrons. The molecule has 1 atom stereocenters. The Morgan fingerprint density at radius 1 is 2.00 bits per heavy atom. The Kier molecular flexibility index (Phi) is 2.46. The van der Waals surface area contributed by atoms with E-state index in [1.807, 2.05) is 0 Å². The van der Waals surface area contributed by atoms with E-state index < -0.39 is 7.37 Å². The standard InChI is InChI=1S/C2H8NO3P/c1-7(4,5)2-6-3/h2-3H2,1H3,(H,4,5). The van der Waals surface area contributed by atoms with E-state index >= 15 is 0 Å². The van der Waals surface area contributed by atoms with Gasteiger partial charge in [0.05, 0.1) is 0 Å². The van der Waals surface area contributed by atoms with Crippen LogP contribution in [0.3, 0.4) is 0 Å². The van der Waals surface area contributed by atoms with Gasteiger partial charge in [-0.1, -0.05) is 0 Å². The fraction of sp³-hybridized carbons (Fsp3) is 1.00. The molecule has 0 saturated heterocycles. The third-order valence-corrected chi connectivity index (χ3v) is 0.942. The molecule has 1 unspecified atom stereocenters. The minimum absolute atomic E-state index is 0.271. The van der Waals surface area contributed by atoms with Crippen molar-refractivity contribution in [1.82, 2.24) is 0 Å². The van der Waals surface area contributed by atoms with E-state index in [1.54, 1.807) is 0 Å². The SMILES string of the molecule is CP(=O)(O)CON. The second-order valence-corrected chi connectivity index (χ2v) is 3.71. The summed E-state index contributed by atoms with van der Waals surface area (Å²) >= 11 is 0. The van der Waals surface area contributed by atoms with Crippen LogP contribution in [0.25, 0.3) is 0 Å². The van der Waals surface area contributed by atoms with Crippen LogP contribution in [0.15, 0.2) is 0 Å². The Morgan fingerprint density at radius 2 is 2.43 bits per heavy atom. The number of nitrogens with two attached hydrogens (primary N) is 1. The first-order valence-corrected chi connectivity index (χ1v) is 3.96. The third-order valence-electron chi connectivity index (χ3n) is 0.314. The van der Waals surface area contributed by atoms with Crippen LogP contribution in [0.2, 0.25) is 0 Å². The molecule has 0 fully saturated rings. The summed E-state index contributed by atoms with van der Waals surface area (Å²) in [5.41, 5.74) is 0. The lowest BCUT2D eigenvalue weighted by Gasteiger charge is -1.98. The summed E-state index contributed by atoms with van der Waals surface area (Å²) in [6, 6.07) is 0. The highest BCUT2D eigenvalue weighted by Gasteiger charge is 2.06. The Bertz CT molecular complexity index is 86.9. The van der Waals surface area contributed by atoms with Gasteiger partial charge >= 0.3 is 0 Å². The van der Waals surface area contributed by atoms with Gasteiger partial charge in [-0.05, 0) is 0 Å². The van der Waals surface area contributed by atoms with E-state index in [0.717, 1.165) is 0 Å². The fourth-order valence-corrected chi connectivity index (χ4v) is 0.415. The van der Waals surface area contributed by atoms with Crippen molar-refractivity contribution in [3.8, 4) is 0 Å². The lowest BCUT2D eigenvalue weighted by atomic mass is 11.7. The molecular formula is C2H8NO3P. The molecular weight excluding hydrogens is 117 g/mol. The van der Waals surface area contributed by atoms with Gasteiger partial charge in [0.2, 0.25) is 7.37 Å². The molecule has 0 heterocycles. The van der Waals surface area contributed by atoms with Crippen LogP contribution in [-0.2, 0) is 9.40 Å². The molecule has 0 rings (SSSR count). The van der Waals surface area contributed by atoms with Crippen LogP contribution in [-0.4, -0.2) is 17.9 Å². The highest BCUT2D eigenvalue weighted by molar-refractivity contribution is 7.56. The average molecular weight is 125 g/mol. The molecule has 0 saturated carbocycles. The van der Waals surface area contributed by atoms with Crippen LogP contribution in [0.4, 0.5) is 0 Å². The summed E-state index contributed by atoms with van der Waals surface area (Å²) in [6.07, 6.45) is -0.271. The first-order valence-electron chi connectivity index (χ1n) is 1.67. The Balaban J connectivity index is 3.36. The first kappa shape index (κ1) is 7.11. The number of rotatable bonds is 2. The van der Waals surface area contributed by atoms with Crippen molar-refractivity contribution in [3.63, 3.8) is 0 Å².